The standard InChI is InChI=1S/C16H22N2/c1-13-4-6-16-11-14(5-7-15(16)10-13)12-18-9-3-2-8-17/h4-7,10-11,18H,2-3,8-9,12,17H2,1H3. The van der Waals surface area contributed by atoms with Gasteiger partial charge < -0.3 is 11.1 Å². The van der Waals surface area contributed by atoms with Gasteiger partial charge >= 0.3 is 0 Å². The van der Waals surface area contributed by atoms with Gasteiger partial charge in [0.15, 0.2) is 0 Å². The molecule has 3 N–H and O–H groups in total. The molecule has 2 rings (SSSR count). The van der Waals surface area contributed by atoms with Crippen LogP contribution < -0.4 is 11.1 Å². The van der Waals surface area contributed by atoms with Gasteiger partial charge in [0.1, 0.15) is 0 Å². The summed E-state index contributed by atoms with van der Waals surface area (Å²) < 4.78 is 0. The Kier molecular flexibility index (Phi) is 4.73. The van der Waals surface area contributed by atoms with Gasteiger partial charge in [-0.1, -0.05) is 35.9 Å². The Bertz CT molecular complexity index is 505. The Morgan fingerprint density at radius 1 is 1.00 bits per heavy atom. The molecule has 0 amide bonds. The molecule has 2 aromatic carbocycles. The highest BCUT2D eigenvalue weighted by Crippen LogP contribution is 2.17. The van der Waals surface area contributed by atoms with Crippen molar-refractivity contribution in [2.75, 3.05) is 13.1 Å². The first-order chi connectivity index (χ1) is 8.79. The average Bonchev–Trinajstić information content (AvgIpc) is 2.38. The Labute approximate surface area is 109 Å². The van der Waals surface area contributed by atoms with Gasteiger partial charge in [0.25, 0.3) is 0 Å². The number of rotatable bonds is 6. The molecule has 2 aromatic rings. The highest BCUT2D eigenvalue weighted by atomic mass is 14.8. The topological polar surface area (TPSA) is 38.0 Å². The zero-order valence-corrected chi connectivity index (χ0v) is 11.1. The van der Waals surface area contributed by atoms with E-state index in [1.165, 1.54) is 21.9 Å². The molecule has 0 aliphatic rings. The lowest BCUT2D eigenvalue weighted by atomic mass is 10.0. The number of nitrogens with one attached hydrogen (secondary N) is 1. The van der Waals surface area contributed by atoms with Gasteiger partial charge in [-0.25, -0.2) is 0 Å². The second-order valence-corrected chi connectivity index (χ2v) is 4.86. The van der Waals surface area contributed by atoms with E-state index in [1.807, 2.05) is 0 Å². The Morgan fingerprint density at radius 2 is 1.78 bits per heavy atom. The summed E-state index contributed by atoms with van der Waals surface area (Å²) >= 11 is 0. The third-order valence-corrected chi connectivity index (χ3v) is 3.20. The van der Waals surface area contributed by atoms with E-state index in [0.29, 0.717) is 0 Å². The van der Waals surface area contributed by atoms with E-state index >= 15 is 0 Å². The summed E-state index contributed by atoms with van der Waals surface area (Å²) in [6.07, 6.45) is 2.26. The summed E-state index contributed by atoms with van der Waals surface area (Å²) in [5.41, 5.74) is 8.13. The van der Waals surface area contributed by atoms with E-state index < -0.39 is 0 Å². The number of hydrogen-bond donors (Lipinski definition) is 2. The highest BCUT2D eigenvalue weighted by Gasteiger charge is 1.97. The fourth-order valence-corrected chi connectivity index (χ4v) is 2.15. The number of benzene rings is 2. The maximum atomic E-state index is 5.47. The molecule has 0 fully saturated rings. The van der Waals surface area contributed by atoms with Gasteiger partial charge in [0.05, 0.1) is 0 Å². The van der Waals surface area contributed by atoms with Crippen LogP contribution in [0.4, 0.5) is 0 Å². The number of unbranched alkanes of at least 4 members (excludes halogenated alkanes) is 1. The van der Waals surface area contributed by atoms with Crippen LogP contribution in [-0.2, 0) is 6.54 Å². The smallest absolute Gasteiger partial charge is 0.0205 e. The average molecular weight is 242 g/mol. The molecule has 2 nitrogen and oxygen atoms in total. The summed E-state index contributed by atoms with van der Waals surface area (Å²) in [4.78, 5) is 0. The molecule has 0 atom stereocenters. The van der Waals surface area contributed by atoms with Crippen LogP contribution >= 0.6 is 0 Å². The zero-order chi connectivity index (χ0) is 12.8. The molecule has 0 saturated carbocycles. The highest BCUT2D eigenvalue weighted by molar-refractivity contribution is 5.83. The van der Waals surface area contributed by atoms with Crippen molar-refractivity contribution in [3.8, 4) is 0 Å². The van der Waals surface area contributed by atoms with Crippen LogP contribution in [-0.4, -0.2) is 13.1 Å². The lowest BCUT2D eigenvalue weighted by Gasteiger charge is -2.06. The molecular weight excluding hydrogens is 220 g/mol. The van der Waals surface area contributed by atoms with E-state index in [4.69, 9.17) is 5.73 Å². The number of nitrogens with two attached hydrogens (primary N) is 1. The van der Waals surface area contributed by atoms with Crippen LogP contribution in [0.15, 0.2) is 36.4 Å². The van der Waals surface area contributed by atoms with Gasteiger partial charge in [0, 0.05) is 6.54 Å². The van der Waals surface area contributed by atoms with Crippen molar-refractivity contribution in [1.82, 2.24) is 5.32 Å². The van der Waals surface area contributed by atoms with Gasteiger partial charge in [-0.3, -0.25) is 0 Å². The third kappa shape index (κ3) is 3.56. The second-order valence-electron chi connectivity index (χ2n) is 4.86. The van der Waals surface area contributed by atoms with Crippen LogP contribution in [0.1, 0.15) is 24.0 Å². The molecule has 0 aliphatic heterocycles. The molecule has 0 spiro atoms. The van der Waals surface area contributed by atoms with Crippen molar-refractivity contribution >= 4 is 10.8 Å². The summed E-state index contributed by atoms with van der Waals surface area (Å²) in [5.74, 6) is 0. The summed E-state index contributed by atoms with van der Waals surface area (Å²) in [6, 6.07) is 13.3. The number of hydrogen-bond acceptors (Lipinski definition) is 2. The van der Waals surface area contributed by atoms with Crippen LogP contribution in [0.25, 0.3) is 10.8 Å². The van der Waals surface area contributed by atoms with Crippen LogP contribution in [0.5, 0.6) is 0 Å². The predicted octanol–water partition coefficient (Wildman–Crippen LogP) is 2.98. The molecule has 18 heavy (non-hydrogen) atoms. The number of fused-ring (bicyclic) bond motifs is 1. The molecule has 96 valence electrons. The van der Waals surface area contributed by atoms with Crippen molar-refractivity contribution < 1.29 is 0 Å². The quantitative estimate of drug-likeness (QED) is 0.764. The maximum absolute atomic E-state index is 5.47. The summed E-state index contributed by atoms with van der Waals surface area (Å²) in [6.45, 7) is 4.90. The minimum absolute atomic E-state index is 0.789. The first-order valence-electron chi connectivity index (χ1n) is 6.69. The van der Waals surface area contributed by atoms with Gasteiger partial charge in [-0.2, -0.15) is 0 Å². The SMILES string of the molecule is Cc1ccc2cc(CNCCCCN)ccc2c1. The second kappa shape index (κ2) is 6.53. The molecule has 0 radical (unpaired) electrons. The molecule has 0 aromatic heterocycles. The Balaban J connectivity index is 1.95. The molecule has 0 aliphatic carbocycles. The zero-order valence-electron chi connectivity index (χ0n) is 11.1. The Morgan fingerprint density at radius 3 is 2.61 bits per heavy atom. The number of aryl methyl sites for hydroxylation is 1. The lowest BCUT2D eigenvalue weighted by Crippen LogP contribution is -2.15. The molecule has 0 heterocycles. The fourth-order valence-electron chi connectivity index (χ4n) is 2.15. The van der Waals surface area contributed by atoms with Crippen molar-refractivity contribution in [1.29, 1.82) is 0 Å². The van der Waals surface area contributed by atoms with E-state index in [2.05, 4.69) is 48.6 Å². The van der Waals surface area contributed by atoms with Gasteiger partial charge in [0.2, 0.25) is 0 Å². The first kappa shape index (κ1) is 13.1. The van der Waals surface area contributed by atoms with E-state index in [1.54, 1.807) is 0 Å². The van der Waals surface area contributed by atoms with Crippen LogP contribution in [0, 0.1) is 6.92 Å². The third-order valence-electron chi connectivity index (χ3n) is 3.20. The summed E-state index contributed by atoms with van der Waals surface area (Å²) in [7, 11) is 0. The van der Waals surface area contributed by atoms with E-state index in [9.17, 15) is 0 Å². The van der Waals surface area contributed by atoms with Crippen LogP contribution in [0.2, 0.25) is 0 Å². The van der Waals surface area contributed by atoms with Crippen LogP contribution in [0.3, 0.4) is 0 Å². The molecule has 0 bridgehead atoms. The molecule has 0 saturated heterocycles. The predicted molar refractivity (Wildman–Crippen MR) is 78.7 cm³/mol. The van der Waals surface area contributed by atoms with Crippen molar-refractivity contribution in [3.63, 3.8) is 0 Å². The normalized spacial score (nSPS) is 11.0. The van der Waals surface area contributed by atoms with Crippen molar-refractivity contribution in [3.05, 3.63) is 47.5 Å². The van der Waals surface area contributed by atoms with Crippen molar-refractivity contribution in [2.24, 2.45) is 5.73 Å². The monoisotopic (exact) mass is 242 g/mol. The summed E-state index contributed by atoms with van der Waals surface area (Å²) in [5, 5.41) is 6.10. The molecule has 2 heteroatoms. The largest absolute Gasteiger partial charge is 0.330 e. The van der Waals surface area contributed by atoms with Crippen molar-refractivity contribution in [2.45, 2.75) is 26.3 Å². The maximum Gasteiger partial charge on any atom is 0.0205 e. The fraction of sp³-hybridized carbons (Fsp3) is 0.375. The minimum Gasteiger partial charge on any atom is -0.330 e. The Hall–Kier alpha value is -1.38. The molecule has 0 unspecified atom stereocenters. The van der Waals surface area contributed by atoms with Gasteiger partial charge in [-0.15, -0.1) is 0 Å². The lowest BCUT2D eigenvalue weighted by molar-refractivity contribution is 0.628. The van der Waals surface area contributed by atoms with Gasteiger partial charge in [-0.05, 0) is 55.3 Å². The molecular formula is C16H22N2. The minimum atomic E-state index is 0.789. The van der Waals surface area contributed by atoms with E-state index in [0.717, 1.165) is 32.5 Å². The first-order valence-corrected chi connectivity index (χ1v) is 6.69. The van der Waals surface area contributed by atoms with E-state index in [-0.39, 0.29) is 0 Å².